The molecule has 4 heteroatoms. The number of carbonyl (C=O) groups excluding carboxylic acids is 1. The quantitative estimate of drug-likeness (QED) is 0.311. The lowest BCUT2D eigenvalue weighted by atomic mass is 9.77. The summed E-state index contributed by atoms with van der Waals surface area (Å²) in [5.74, 6) is 2.47. The summed E-state index contributed by atoms with van der Waals surface area (Å²) in [5.41, 5.74) is 2.43. The predicted molar refractivity (Wildman–Crippen MR) is 121 cm³/mol. The average Bonchev–Trinajstić information content (AvgIpc) is 2.79. The Balaban J connectivity index is 1.51. The largest absolute Gasteiger partial charge is 0.423 e. The Hall–Kier alpha value is -2.23. The van der Waals surface area contributed by atoms with Crippen molar-refractivity contribution < 1.29 is 9.53 Å². The Morgan fingerprint density at radius 2 is 1.60 bits per heavy atom. The molecule has 3 rings (SSSR count). The average molecular weight is 409 g/mol. The number of hydrogen-bond acceptors (Lipinski definition) is 4. The summed E-state index contributed by atoms with van der Waals surface area (Å²) in [6.45, 7) is 4.33. The molecule has 0 saturated heterocycles. The van der Waals surface area contributed by atoms with Gasteiger partial charge in [-0.3, -0.25) is 4.79 Å². The lowest BCUT2D eigenvalue weighted by molar-refractivity contribution is -0.134. The second kappa shape index (κ2) is 11.8. The summed E-state index contributed by atoms with van der Waals surface area (Å²) in [7, 11) is 0. The van der Waals surface area contributed by atoms with Crippen molar-refractivity contribution in [2.75, 3.05) is 0 Å². The van der Waals surface area contributed by atoms with Crippen LogP contribution in [0.3, 0.4) is 0 Å². The van der Waals surface area contributed by atoms with Crippen LogP contribution in [0.1, 0.15) is 96.0 Å². The number of ether oxygens (including phenoxy) is 1. The third-order valence-electron chi connectivity index (χ3n) is 6.30. The number of benzene rings is 1. The van der Waals surface area contributed by atoms with Gasteiger partial charge in [-0.2, -0.15) is 0 Å². The fraction of sp³-hybridized carbons (Fsp3) is 0.577. The first-order chi connectivity index (χ1) is 14.7. The van der Waals surface area contributed by atoms with Crippen molar-refractivity contribution in [2.45, 2.75) is 90.4 Å². The second-order valence-corrected chi connectivity index (χ2v) is 8.66. The number of nitrogens with zero attached hydrogens (tertiary/aromatic N) is 2. The monoisotopic (exact) mass is 408 g/mol. The normalized spacial score (nSPS) is 18.9. The van der Waals surface area contributed by atoms with Crippen molar-refractivity contribution in [1.29, 1.82) is 0 Å². The van der Waals surface area contributed by atoms with Crippen molar-refractivity contribution in [3.8, 4) is 17.1 Å². The van der Waals surface area contributed by atoms with Crippen LogP contribution in [0.5, 0.6) is 5.75 Å². The van der Waals surface area contributed by atoms with Gasteiger partial charge in [0.15, 0.2) is 11.6 Å². The molecule has 1 aliphatic rings. The Morgan fingerprint density at radius 3 is 2.23 bits per heavy atom. The summed E-state index contributed by atoms with van der Waals surface area (Å²) >= 11 is 0. The summed E-state index contributed by atoms with van der Waals surface area (Å²) in [6, 6.07) is 8.70. The third-order valence-corrected chi connectivity index (χ3v) is 6.30. The molecule has 1 heterocycles. The van der Waals surface area contributed by atoms with Gasteiger partial charge in [-0.05, 0) is 49.5 Å². The van der Waals surface area contributed by atoms with Gasteiger partial charge in [0.05, 0.1) is 12.4 Å². The molecule has 0 bridgehead atoms. The van der Waals surface area contributed by atoms with E-state index in [2.05, 4.69) is 48.1 Å². The number of hydrogen-bond donors (Lipinski definition) is 0. The van der Waals surface area contributed by atoms with E-state index < -0.39 is 0 Å². The number of unbranched alkanes of at least 4 members (excludes halogenated alkanes) is 3. The minimum absolute atomic E-state index is 0.224. The zero-order valence-electron chi connectivity index (χ0n) is 18.6. The fourth-order valence-electron chi connectivity index (χ4n) is 4.39. The van der Waals surface area contributed by atoms with Crippen molar-refractivity contribution >= 4 is 5.97 Å². The lowest BCUT2D eigenvalue weighted by Gasteiger charge is -2.29. The zero-order chi connectivity index (χ0) is 21.2. The Morgan fingerprint density at radius 1 is 0.933 bits per heavy atom. The first kappa shape index (κ1) is 22.5. The molecular weight excluding hydrogens is 372 g/mol. The van der Waals surface area contributed by atoms with Crippen LogP contribution in [-0.4, -0.2) is 15.9 Å². The molecule has 0 radical (unpaired) electrons. The molecule has 4 nitrogen and oxygen atoms in total. The first-order valence-corrected chi connectivity index (χ1v) is 11.8. The van der Waals surface area contributed by atoms with Crippen LogP contribution in [0.25, 0.3) is 11.4 Å². The molecule has 2 aromatic rings. The summed E-state index contributed by atoms with van der Waals surface area (Å²) in [5, 5.41) is 0. The van der Waals surface area contributed by atoms with Crippen LogP contribution < -0.4 is 4.74 Å². The van der Waals surface area contributed by atoms with Gasteiger partial charge >= 0.3 is 5.97 Å². The van der Waals surface area contributed by atoms with Crippen molar-refractivity contribution in [3.63, 3.8) is 0 Å². The van der Waals surface area contributed by atoms with Crippen LogP contribution in [0.15, 0.2) is 36.7 Å². The SMILES string of the molecule is CCCCC[C@H]1CC[C@H](c2ccc(-c3ncc(OC(=O)CCCC)cn3)cc2)CC1. The van der Waals surface area contributed by atoms with Crippen molar-refractivity contribution in [3.05, 3.63) is 42.2 Å². The maximum absolute atomic E-state index is 11.7. The molecule has 162 valence electrons. The summed E-state index contributed by atoms with van der Waals surface area (Å²) in [4.78, 5) is 20.5. The molecule has 1 aromatic heterocycles. The molecule has 1 aliphatic carbocycles. The minimum Gasteiger partial charge on any atom is -0.423 e. The van der Waals surface area contributed by atoms with Crippen LogP contribution >= 0.6 is 0 Å². The maximum atomic E-state index is 11.7. The molecule has 0 N–H and O–H groups in total. The molecule has 0 atom stereocenters. The van der Waals surface area contributed by atoms with E-state index >= 15 is 0 Å². The van der Waals surface area contributed by atoms with E-state index in [-0.39, 0.29) is 5.97 Å². The van der Waals surface area contributed by atoms with Gasteiger partial charge < -0.3 is 4.74 Å². The standard InChI is InChI=1S/C26H36N2O2/c1-3-5-7-8-20-10-12-21(13-11-20)22-14-16-23(17-15-22)26-27-18-24(19-28-26)30-25(29)9-6-4-2/h14-21H,3-13H2,1-2H3/t20-,21-. The van der Waals surface area contributed by atoms with Gasteiger partial charge in [-0.15, -0.1) is 0 Å². The highest BCUT2D eigenvalue weighted by Gasteiger charge is 2.22. The number of rotatable bonds is 10. The smallest absolute Gasteiger partial charge is 0.311 e. The van der Waals surface area contributed by atoms with E-state index in [0.717, 1.165) is 24.3 Å². The van der Waals surface area contributed by atoms with Gasteiger partial charge in [-0.1, -0.05) is 70.2 Å². The van der Waals surface area contributed by atoms with Gasteiger partial charge in [0.25, 0.3) is 0 Å². The van der Waals surface area contributed by atoms with Crippen LogP contribution in [-0.2, 0) is 4.79 Å². The first-order valence-electron chi connectivity index (χ1n) is 11.8. The highest BCUT2D eigenvalue weighted by molar-refractivity contribution is 5.72. The third kappa shape index (κ3) is 6.65. The molecule has 1 saturated carbocycles. The number of carbonyl (C=O) groups is 1. The topological polar surface area (TPSA) is 52.1 Å². The van der Waals surface area contributed by atoms with Crippen molar-refractivity contribution in [1.82, 2.24) is 9.97 Å². The fourth-order valence-corrected chi connectivity index (χ4v) is 4.39. The summed E-state index contributed by atoms with van der Waals surface area (Å²) in [6.07, 6.45) is 16.3. The van der Waals surface area contributed by atoms with Crippen molar-refractivity contribution in [2.24, 2.45) is 5.92 Å². The Bertz CT molecular complexity index is 763. The molecule has 30 heavy (non-hydrogen) atoms. The van der Waals surface area contributed by atoms with E-state index in [1.54, 1.807) is 12.4 Å². The van der Waals surface area contributed by atoms with Crippen LogP contribution in [0.4, 0.5) is 0 Å². The highest BCUT2D eigenvalue weighted by atomic mass is 16.5. The van der Waals surface area contributed by atoms with E-state index in [9.17, 15) is 4.79 Å². The second-order valence-electron chi connectivity index (χ2n) is 8.66. The lowest BCUT2D eigenvalue weighted by Crippen LogP contribution is -2.13. The van der Waals surface area contributed by atoms with Crippen LogP contribution in [0, 0.1) is 5.92 Å². The van der Waals surface area contributed by atoms with Gasteiger partial charge in [0, 0.05) is 12.0 Å². The van der Waals surface area contributed by atoms with Gasteiger partial charge in [0.2, 0.25) is 0 Å². The maximum Gasteiger partial charge on any atom is 0.311 e. The molecule has 1 aromatic carbocycles. The zero-order valence-corrected chi connectivity index (χ0v) is 18.6. The molecular formula is C26H36N2O2. The van der Waals surface area contributed by atoms with E-state index in [4.69, 9.17) is 4.74 Å². The number of esters is 1. The molecule has 1 fully saturated rings. The molecule has 0 spiro atoms. The highest BCUT2D eigenvalue weighted by Crippen LogP contribution is 2.38. The number of aromatic nitrogens is 2. The van der Waals surface area contributed by atoms with Gasteiger partial charge in [0.1, 0.15) is 0 Å². The predicted octanol–water partition coefficient (Wildman–Crippen LogP) is 7.09. The Labute approximate surface area is 181 Å². The van der Waals surface area contributed by atoms with E-state index in [1.165, 1.54) is 56.9 Å². The van der Waals surface area contributed by atoms with E-state index in [1.807, 2.05) is 0 Å². The molecule has 0 amide bonds. The molecule has 0 aliphatic heterocycles. The summed E-state index contributed by atoms with van der Waals surface area (Å²) < 4.78 is 5.28. The molecule has 0 unspecified atom stereocenters. The Kier molecular flexibility index (Phi) is 8.85. The van der Waals surface area contributed by atoms with Crippen LogP contribution in [0.2, 0.25) is 0 Å². The minimum atomic E-state index is -0.224. The van der Waals surface area contributed by atoms with E-state index in [0.29, 0.717) is 23.9 Å². The van der Waals surface area contributed by atoms with Gasteiger partial charge in [-0.25, -0.2) is 9.97 Å².